The zero-order chi connectivity index (χ0) is 26.2. The lowest BCUT2D eigenvalue weighted by molar-refractivity contribution is 0.353. The van der Waals surface area contributed by atoms with Gasteiger partial charge in [-0.2, -0.15) is 0 Å². The molecule has 1 aromatic carbocycles. The zero-order valence-electron chi connectivity index (χ0n) is 22.4. The quantitative estimate of drug-likeness (QED) is 0.331. The number of nitrogens with one attached hydrogen (secondary N) is 1. The molecule has 0 bridgehead atoms. The molecule has 38 heavy (non-hydrogen) atoms. The van der Waals surface area contributed by atoms with E-state index >= 15 is 0 Å². The Hall–Kier alpha value is -2.57. The van der Waals surface area contributed by atoms with Crippen molar-refractivity contribution in [2.75, 3.05) is 22.9 Å². The fourth-order valence-electron chi connectivity index (χ4n) is 6.95. The summed E-state index contributed by atoms with van der Waals surface area (Å²) in [4.78, 5) is 9.41. The first kappa shape index (κ1) is 25.7. The maximum atomic E-state index is 6.99. The summed E-state index contributed by atoms with van der Waals surface area (Å²) in [6.07, 6.45) is 14.2. The molecule has 3 aliphatic rings. The summed E-state index contributed by atoms with van der Waals surface area (Å²) >= 11 is 13.0. The Balaban J connectivity index is 1.35. The monoisotopic (exact) mass is 547 g/mol. The largest absolute Gasteiger partial charge is 0.370 e. The molecule has 7 heteroatoms. The maximum Gasteiger partial charge on any atom is 0.174 e. The molecule has 0 unspecified atom stereocenters. The van der Waals surface area contributed by atoms with Gasteiger partial charge in [0.15, 0.2) is 5.11 Å². The number of aromatic nitrogens is 2. The third-order valence-corrected chi connectivity index (χ3v) is 9.21. The third-order valence-electron chi connectivity index (χ3n) is 8.59. The van der Waals surface area contributed by atoms with Crippen LogP contribution in [0.25, 0.3) is 0 Å². The summed E-state index contributed by atoms with van der Waals surface area (Å²) in [5.41, 5.74) is 4.38. The van der Waals surface area contributed by atoms with Crippen LogP contribution in [0.2, 0.25) is 5.02 Å². The number of rotatable bonds is 5. The van der Waals surface area contributed by atoms with E-state index in [9.17, 15) is 0 Å². The highest BCUT2D eigenvalue weighted by molar-refractivity contribution is 7.80. The molecular formula is C31H38ClN5S. The van der Waals surface area contributed by atoms with E-state index in [0.29, 0.717) is 23.0 Å². The smallest absolute Gasteiger partial charge is 0.174 e. The summed E-state index contributed by atoms with van der Waals surface area (Å²) in [5.74, 6) is 1.34. The van der Waals surface area contributed by atoms with E-state index in [0.717, 1.165) is 35.2 Å². The van der Waals surface area contributed by atoms with Crippen LogP contribution in [0.4, 0.5) is 11.4 Å². The van der Waals surface area contributed by atoms with Gasteiger partial charge in [0.05, 0.1) is 28.5 Å². The van der Waals surface area contributed by atoms with Crippen molar-refractivity contribution in [3.05, 3.63) is 77.3 Å². The molecule has 2 saturated heterocycles. The first-order valence-electron chi connectivity index (χ1n) is 14.2. The van der Waals surface area contributed by atoms with E-state index in [1.165, 1.54) is 44.1 Å². The Labute approximate surface area is 237 Å². The number of benzene rings is 1. The zero-order valence-corrected chi connectivity index (χ0v) is 24.0. The predicted octanol–water partition coefficient (Wildman–Crippen LogP) is 7.70. The Morgan fingerprint density at radius 1 is 1.00 bits per heavy atom. The number of thiocarbonyl (C=S) groups is 1. The number of hydrogen-bond acceptors (Lipinski definition) is 3. The van der Waals surface area contributed by atoms with E-state index < -0.39 is 0 Å². The summed E-state index contributed by atoms with van der Waals surface area (Å²) in [6, 6.07) is 15.4. The van der Waals surface area contributed by atoms with Crippen molar-refractivity contribution in [1.29, 1.82) is 0 Å². The van der Waals surface area contributed by atoms with Crippen LogP contribution >= 0.6 is 23.8 Å². The number of hydrogen-bond donors (Lipinski definition) is 1. The van der Waals surface area contributed by atoms with E-state index in [2.05, 4.69) is 76.3 Å². The van der Waals surface area contributed by atoms with Gasteiger partial charge in [0.1, 0.15) is 0 Å². The van der Waals surface area contributed by atoms with Crippen molar-refractivity contribution >= 4 is 40.3 Å². The van der Waals surface area contributed by atoms with Gasteiger partial charge >= 0.3 is 0 Å². The molecule has 0 amide bonds. The Bertz CT molecular complexity index is 1260. The van der Waals surface area contributed by atoms with Crippen molar-refractivity contribution in [1.82, 2.24) is 14.9 Å². The van der Waals surface area contributed by atoms with Crippen molar-refractivity contribution in [3.63, 3.8) is 0 Å². The van der Waals surface area contributed by atoms with E-state index in [4.69, 9.17) is 28.8 Å². The summed E-state index contributed by atoms with van der Waals surface area (Å²) in [5, 5.41) is 5.09. The van der Waals surface area contributed by atoms with Crippen molar-refractivity contribution in [2.45, 2.75) is 70.5 Å². The van der Waals surface area contributed by atoms with Crippen molar-refractivity contribution < 1.29 is 0 Å². The maximum absolute atomic E-state index is 6.99. The van der Waals surface area contributed by atoms with Gasteiger partial charge in [0.2, 0.25) is 0 Å². The predicted molar refractivity (Wildman–Crippen MR) is 161 cm³/mol. The summed E-state index contributed by atoms with van der Waals surface area (Å²) < 4.78 is 2.43. The minimum absolute atomic E-state index is 0.0146. The first-order valence-corrected chi connectivity index (χ1v) is 15.0. The van der Waals surface area contributed by atoms with Gasteiger partial charge in [0, 0.05) is 43.4 Å². The van der Waals surface area contributed by atoms with Crippen molar-refractivity contribution in [2.24, 2.45) is 11.8 Å². The molecule has 0 spiro atoms. The number of anilines is 2. The van der Waals surface area contributed by atoms with Crippen LogP contribution in [0, 0.1) is 11.8 Å². The summed E-state index contributed by atoms with van der Waals surface area (Å²) in [7, 11) is 0. The Morgan fingerprint density at radius 2 is 1.79 bits per heavy atom. The molecule has 1 aliphatic carbocycles. The van der Waals surface area contributed by atoms with Crippen LogP contribution in [0.1, 0.15) is 81.8 Å². The van der Waals surface area contributed by atoms with E-state index in [1.54, 1.807) is 0 Å². The normalized spacial score (nSPS) is 26.6. The highest BCUT2D eigenvalue weighted by Crippen LogP contribution is 2.44. The van der Waals surface area contributed by atoms with Crippen LogP contribution in [-0.4, -0.2) is 27.8 Å². The van der Waals surface area contributed by atoms with Gasteiger partial charge < -0.3 is 19.7 Å². The molecule has 0 radical (unpaired) electrons. The minimum Gasteiger partial charge on any atom is -0.370 e. The highest BCUT2D eigenvalue weighted by Gasteiger charge is 2.41. The molecule has 3 aromatic rings. The summed E-state index contributed by atoms with van der Waals surface area (Å²) in [6.45, 7) is 6.76. The highest BCUT2D eigenvalue weighted by atomic mass is 35.5. The molecule has 4 heterocycles. The van der Waals surface area contributed by atoms with Crippen LogP contribution < -0.4 is 15.1 Å². The SMILES string of the molecule is C[C@@H]1C[C@H](C)CN(c2ccc(N3C(=S)N[C@H](c4ccccn4)[C@@H]3c3ccn(C4CCCCC4)c3)cc2Cl)C1. The number of piperidine rings is 1. The molecule has 1 saturated carbocycles. The van der Waals surface area contributed by atoms with Gasteiger partial charge in [-0.3, -0.25) is 4.98 Å². The van der Waals surface area contributed by atoms with Gasteiger partial charge in [0.25, 0.3) is 0 Å². The van der Waals surface area contributed by atoms with E-state index in [-0.39, 0.29) is 12.1 Å². The average molecular weight is 548 g/mol. The lowest BCUT2D eigenvalue weighted by Gasteiger charge is -2.37. The third kappa shape index (κ3) is 5.05. The molecule has 2 aliphatic heterocycles. The van der Waals surface area contributed by atoms with Gasteiger partial charge in [-0.1, -0.05) is 50.8 Å². The molecule has 6 rings (SSSR count). The second kappa shape index (κ2) is 10.9. The number of pyridine rings is 1. The standard InChI is InChI=1S/C31H38ClN5S/c1-21-16-22(2)19-36(18-21)28-12-11-25(17-26(28)32)37-30(29(34-31(37)38)27-10-6-7-14-33-27)23-13-15-35(20-23)24-8-4-3-5-9-24/h6-7,10-15,17,20-22,24,29-30H,3-5,8-9,16,18-19H2,1-2H3,(H,34,38)/t21-,22+,29-,30+/m1/s1. The molecular weight excluding hydrogens is 510 g/mol. The fourth-order valence-corrected chi connectivity index (χ4v) is 7.59. The molecule has 4 atom stereocenters. The Morgan fingerprint density at radius 3 is 2.50 bits per heavy atom. The fraction of sp³-hybridized carbons (Fsp3) is 0.484. The average Bonchev–Trinajstić information content (AvgIpc) is 3.54. The topological polar surface area (TPSA) is 36.3 Å². The molecule has 5 nitrogen and oxygen atoms in total. The van der Waals surface area contributed by atoms with E-state index in [1.807, 2.05) is 18.3 Å². The number of nitrogens with zero attached hydrogens (tertiary/aromatic N) is 4. The van der Waals surface area contributed by atoms with Crippen LogP contribution in [-0.2, 0) is 0 Å². The minimum atomic E-state index is -0.0480. The van der Waals surface area contributed by atoms with Crippen LogP contribution in [0.5, 0.6) is 0 Å². The van der Waals surface area contributed by atoms with Crippen molar-refractivity contribution in [3.8, 4) is 0 Å². The molecule has 200 valence electrons. The van der Waals surface area contributed by atoms with Gasteiger partial charge in [-0.25, -0.2) is 0 Å². The molecule has 2 aromatic heterocycles. The lowest BCUT2D eigenvalue weighted by atomic mass is 9.91. The molecule has 1 N–H and O–H groups in total. The van der Waals surface area contributed by atoms with Crippen LogP contribution in [0.3, 0.4) is 0 Å². The second-order valence-corrected chi connectivity index (χ2v) is 12.5. The Kier molecular flexibility index (Phi) is 7.37. The van der Waals surface area contributed by atoms with Gasteiger partial charge in [-0.15, -0.1) is 0 Å². The first-order chi connectivity index (χ1) is 18.5. The van der Waals surface area contributed by atoms with Gasteiger partial charge in [-0.05, 0) is 85.3 Å². The lowest BCUT2D eigenvalue weighted by Crippen LogP contribution is -2.38. The second-order valence-electron chi connectivity index (χ2n) is 11.7. The molecule has 3 fully saturated rings. The van der Waals surface area contributed by atoms with Crippen LogP contribution in [0.15, 0.2) is 61.1 Å². The number of halogens is 1.